The molecule has 0 aromatic heterocycles. The van der Waals surface area contributed by atoms with Crippen LogP contribution >= 0.6 is 15.9 Å². The molecule has 1 N–H and O–H groups in total. The normalized spacial score (nSPS) is 11.9. The van der Waals surface area contributed by atoms with E-state index in [0.717, 1.165) is 19.9 Å². The Balaban J connectivity index is 1.80. The number of sulfonamides is 1. The molecular formula is C34H35BrN4O6S. The van der Waals surface area contributed by atoms with Crippen molar-refractivity contribution in [2.24, 2.45) is 5.92 Å². The van der Waals surface area contributed by atoms with E-state index in [0.29, 0.717) is 6.54 Å². The fourth-order valence-corrected chi connectivity index (χ4v) is 6.68. The predicted octanol–water partition coefficient (Wildman–Crippen LogP) is 5.96. The van der Waals surface area contributed by atoms with Crippen molar-refractivity contribution in [3.8, 4) is 0 Å². The highest BCUT2D eigenvalue weighted by Gasteiger charge is 2.34. The quantitative estimate of drug-likeness (QED) is 0.127. The Morgan fingerprint density at radius 1 is 0.870 bits per heavy atom. The molecule has 4 rings (SSSR count). The highest BCUT2D eigenvalue weighted by molar-refractivity contribution is 9.10. The highest BCUT2D eigenvalue weighted by Crippen LogP contribution is 2.27. The fourth-order valence-electron chi connectivity index (χ4n) is 4.80. The van der Waals surface area contributed by atoms with Crippen LogP contribution < -0.4 is 9.62 Å². The molecule has 10 nitrogen and oxygen atoms in total. The van der Waals surface area contributed by atoms with Crippen molar-refractivity contribution >= 4 is 49.1 Å². The maximum absolute atomic E-state index is 14.5. The third kappa shape index (κ3) is 9.01. The first kappa shape index (κ1) is 34.3. The van der Waals surface area contributed by atoms with Crippen molar-refractivity contribution in [3.63, 3.8) is 0 Å². The zero-order valence-electron chi connectivity index (χ0n) is 25.5. The smallest absolute Gasteiger partial charge is 0.269 e. The van der Waals surface area contributed by atoms with Gasteiger partial charge < -0.3 is 10.2 Å². The van der Waals surface area contributed by atoms with E-state index >= 15 is 0 Å². The Labute approximate surface area is 277 Å². The van der Waals surface area contributed by atoms with Gasteiger partial charge in [0.15, 0.2) is 0 Å². The molecule has 0 spiro atoms. The first-order valence-corrected chi connectivity index (χ1v) is 16.9. The molecule has 0 unspecified atom stereocenters. The lowest BCUT2D eigenvalue weighted by Crippen LogP contribution is -2.53. The summed E-state index contributed by atoms with van der Waals surface area (Å²) < 4.78 is 29.7. The highest BCUT2D eigenvalue weighted by atomic mass is 79.9. The van der Waals surface area contributed by atoms with Gasteiger partial charge in [-0.2, -0.15) is 0 Å². The Morgan fingerprint density at radius 2 is 1.48 bits per heavy atom. The second-order valence-electron chi connectivity index (χ2n) is 11.1. The zero-order valence-corrected chi connectivity index (χ0v) is 27.9. The van der Waals surface area contributed by atoms with Gasteiger partial charge in [-0.1, -0.05) is 90.4 Å². The van der Waals surface area contributed by atoms with Crippen LogP contribution in [0.15, 0.2) is 119 Å². The van der Waals surface area contributed by atoms with E-state index in [1.165, 1.54) is 41.3 Å². The average molecular weight is 708 g/mol. The van der Waals surface area contributed by atoms with Crippen LogP contribution in [0.3, 0.4) is 0 Å². The van der Waals surface area contributed by atoms with Crippen LogP contribution in [0.5, 0.6) is 0 Å². The number of nitrogens with zero attached hydrogens (tertiary/aromatic N) is 3. The number of hydrogen-bond donors (Lipinski definition) is 1. The number of carbonyl (C=O) groups is 2. The predicted molar refractivity (Wildman–Crippen MR) is 181 cm³/mol. The summed E-state index contributed by atoms with van der Waals surface area (Å²) in [4.78, 5) is 40.4. The van der Waals surface area contributed by atoms with Crippen LogP contribution in [0.2, 0.25) is 0 Å². The van der Waals surface area contributed by atoms with E-state index in [1.54, 1.807) is 18.2 Å². The molecule has 0 saturated carbocycles. The van der Waals surface area contributed by atoms with E-state index in [1.807, 2.05) is 68.4 Å². The maximum atomic E-state index is 14.5. The summed E-state index contributed by atoms with van der Waals surface area (Å²) >= 11 is 3.47. The topological polar surface area (TPSA) is 130 Å². The van der Waals surface area contributed by atoms with Crippen molar-refractivity contribution in [2.75, 3.05) is 17.4 Å². The monoisotopic (exact) mass is 706 g/mol. The first-order chi connectivity index (χ1) is 22.0. The van der Waals surface area contributed by atoms with Crippen LogP contribution in [0, 0.1) is 16.0 Å². The number of nitro groups is 1. The van der Waals surface area contributed by atoms with E-state index in [2.05, 4.69) is 21.2 Å². The Morgan fingerprint density at radius 3 is 2.07 bits per heavy atom. The molecule has 0 fully saturated rings. The summed E-state index contributed by atoms with van der Waals surface area (Å²) in [6.07, 6.45) is 0.188. The molecule has 240 valence electrons. The molecule has 4 aromatic rings. The lowest BCUT2D eigenvalue weighted by molar-refractivity contribution is -0.384. The van der Waals surface area contributed by atoms with Gasteiger partial charge >= 0.3 is 0 Å². The SMILES string of the molecule is CC(C)CNC(=O)[C@H](Cc1ccccc1)N(Cc1cccc(Br)c1)C(=O)CN(c1ccc([N+](=O)[O-])cc1)S(=O)(=O)c1ccccc1. The number of rotatable bonds is 14. The molecule has 0 aliphatic heterocycles. The molecule has 12 heteroatoms. The van der Waals surface area contributed by atoms with Crippen LogP contribution in [-0.4, -0.2) is 49.2 Å². The van der Waals surface area contributed by atoms with E-state index < -0.39 is 33.4 Å². The Kier molecular flexibility index (Phi) is 11.7. The lowest BCUT2D eigenvalue weighted by Gasteiger charge is -2.34. The summed E-state index contributed by atoms with van der Waals surface area (Å²) in [5.74, 6) is -0.837. The number of nitrogens with one attached hydrogen (secondary N) is 1. The van der Waals surface area contributed by atoms with Crippen LogP contribution in [0.4, 0.5) is 11.4 Å². The molecule has 0 heterocycles. The van der Waals surface area contributed by atoms with E-state index in [4.69, 9.17) is 0 Å². The number of benzene rings is 4. The molecule has 0 radical (unpaired) electrons. The Bertz CT molecular complexity index is 1750. The molecule has 4 aromatic carbocycles. The summed E-state index contributed by atoms with van der Waals surface area (Å²) in [7, 11) is -4.31. The number of amides is 2. The van der Waals surface area contributed by atoms with Gasteiger partial charge in [0.2, 0.25) is 11.8 Å². The molecule has 46 heavy (non-hydrogen) atoms. The van der Waals surface area contributed by atoms with Crippen molar-refractivity contribution in [2.45, 2.75) is 37.8 Å². The van der Waals surface area contributed by atoms with Crippen molar-refractivity contribution in [1.82, 2.24) is 10.2 Å². The zero-order chi connectivity index (χ0) is 33.3. The van der Waals surface area contributed by atoms with Gasteiger partial charge in [0.05, 0.1) is 15.5 Å². The second-order valence-corrected chi connectivity index (χ2v) is 13.9. The first-order valence-electron chi connectivity index (χ1n) is 14.6. The van der Waals surface area contributed by atoms with Gasteiger partial charge in [0.25, 0.3) is 15.7 Å². The van der Waals surface area contributed by atoms with Gasteiger partial charge in [0, 0.05) is 36.1 Å². The number of hydrogen-bond acceptors (Lipinski definition) is 6. The van der Waals surface area contributed by atoms with Crippen molar-refractivity contribution in [3.05, 3.63) is 135 Å². The standard InChI is InChI=1S/C34H35BrN4O6S/c1-25(2)22-36-34(41)32(21-26-10-5-3-6-11-26)37(23-27-12-9-13-28(35)20-27)33(40)24-38(29-16-18-30(19-17-29)39(42)43)46(44,45)31-14-7-4-8-15-31/h3-20,25,32H,21-24H2,1-2H3,(H,36,41)/t32-/m0/s1. The van der Waals surface area contributed by atoms with Gasteiger partial charge in [-0.3, -0.25) is 24.0 Å². The summed E-state index contributed by atoms with van der Waals surface area (Å²) in [5, 5.41) is 14.3. The molecule has 0 aliphatic carbocycles. The number of anilines is 1. The van der Waals surface area contributed by atoms with Crippen LogP contribution in [0.25, 0.3) is 0 Å². The molecule has 2 amide bonds. The Hall–Kier alpha value is -4.55. The van der Waals surface area contributed by atoms with Crippen LogP contribution in [-0.2, 0) is 32.6 Å². The van der Waals surface area contributed by atoms with Crippen molar-refractivity contribution in [1.29, 1.82) is 0 Å². The van der Waals surface area contributed by atoms with Crippen molar-refractivity contribution < 1.29 is 22.9 Å². The number of carbonyl (C=O) groups excluding carboxylic acids is 2. The molecule has 0 bridgehead atoms. The average Bonchev–Trinajstić information content (AvgIpc) is 3.05. The van der Waals surface area contributed by atoms with E-state index in [-0.39, 0.29) is 41.1 Å². The maximum Gasteiger partial charge on any atom is 0.269 e. The third-order valence-electron chi connectivity index (χ3n) is 7.16. The molecule has 1 atom stereocenters. The van der Waals surface area contributed by atoms with E-state index in [9.17, 15) is 28.1 Å². The molecular weight excluding hydrogens is 672 g/mol. The minimum atomic E-state index is -4.31. The largest absolute Gasteiger partial charge is 0.354 e. The van der Waals surface area contributed by atoms with Gasteiger partial charge in [-0.25, -0.2) is 8.42 Å². The lowest BCUT2D eigenvalue weighted by atomic mass is 10.0. The summed E-state index contributed by atoms with van der Waals surface area (Å²) in [6.45, 7) is 3.68. The van der Waals surface area contributed by atoms with Crippen LogP contribution in [0.1, 0.15) is 25.0 Å². The van der Waals surface area contributed by atoms with Gasteiger partial charge in [-0.15, -0.1) is 0 Å². The second kappa shape index (κ2) is 15.6. The molecule has 0 saturated heterocycles. The summed E-state index contributed by atoms with van der Waals surface area (Å²) in [5.41, 5.74) is 1.39. The van der Waals surface area contributed by atoms with Gasteiger partial charge in [-0.05, 0) is 53.4 Å². The minimum Gasteiger partial charge on any atom is -0.354 e. The minimum absolute atomic E-state index is 0.0182. The number of non-ortho nitro benzene ring substituents is 1. The number of nitro benzene ring substituents is 1. The molecule has 0 aliphatic rings. The fraction of sp³-hybridized carbons (Fsp3) is 0.235. The number of halogens is 1. The van der Waals surface area contributed by atoms with Gasteiger partial charge in [0.1, 0.15) is 12.6 Å². The summed E-state index contributed by atoms with van der Waals surface area (Å²) in [6, 6.07) is 28.2. The third-order valence-corrected chi connectivity index (χ3v) is 9.44.